The van der Waals surface area contributed by atoms with Crippen molar-refractivity contribution in [1.29, 1.82) is 0 Å². The van der Waals surface area contributed by atoms with E-state index in [1.54, 1.807) is 19.9 Å². The third-order valence-corrected chi connectivity index (χ3v) is 3.72. The Morgan fingerprint density at radius 3 is 2.74 bits per heavy atom. The van der Waals surface area contributed by atoms with E-state index in [1.807, 2.05) is 0 Å². The third kappa shape index (κ3) is 2.58. The van der Waals surface area contributed by atoms with Gasteiger partial charge in [-0.05, 0) is 26.0 Å². The number of likely N-dealkylation sites (tertiary alicyclic amines) is 1. The number of amides is 3. The molecule has 3 amide bonds. The minimum absolute atomic E-state index is 0.0183. The van der Waals surface area contributed by atoms with E-state index in [0.29, 0.717) is 5.39 Å². The number of rotatable bonds is 3. The van der Waals surface area contributed by atoms with E-state index >= 15 is 0 Å². The Hall–Kier alpha value is -2.70. The fourth-order valence-corrected chi connectivity index (χ4v) is 2.68. The van der Waals surface area contributed by atoms with Crippen molar-refractivity contribution >= 4 is 28.7 Å². The molecule has 2 heterocycles. The molecule has 0 unspecified atom stereocenters. The molecule has 1 aliphatic heterocycles. The average Bonchev–Trinajstić information content (AvgIpc) is 3.02. The molecule has 1 aromatic carbocycles. The largest absolute Gasteiger partial charge is 0.448 e. The summed E-state index contributed by atoms with van der Waals surface area (Å²) in [5, 5.41) is 2.93. The second kappa shape index (κ2) is 5.49. The lowest BCUT2D eigenvalue weighted by atomic mass is 10.2. The van der Waals surface area contributed by atoms with Crippen molar-refractivity contribution in [2.75, 3.05) is 0 Å². The van der Waals surface area contributed by atoms with Crippen LogP contribution >= 0.6 is 0 Å². The molecule has 1 aromatic heterocycles. The quantitative estimate of drug-likeness (QED) is 0.876. The van der Waals surface area contributed by atoms with Gasteiger partial charge in [0.2, 0.25) is 5.91 Å². The van der Waals surface area contributed by atoms with E-state index in [-0.39, 0.29) is 29.7 Å². The smallest absolute Gasteiger partial charge is 0.287 e. The van der Waals surface area contributed by atoms with E-state index in [2.05, 4.69) is 5.32 Å². The lowest BCUT2D eigenvalue weighted by Gasteiger charge is -2.18. The number of fused-ring (bicyclic) bond motifs is 1. The van der Waals surface area contributed by atoms with Crippen molar-refractivity contribution in [2.45, 2.75) is 32.4 Å². The van der Waals surface area contributed by atoms with Crippen molar-refractivity contribution in [3.8, 4) is 0 Å². The monoisotopic (exact) mass is 318 g/mol. The summed E-state index contributed by atoms with van der Waals surface area (Å²) in [6.07, 6.45) is -0.0860. The second-order valence-corrected chi connectivity index (χ2v) is 5.69. The van der Waals surface area contributed by atoms with Gasteiger partial charge in [0.05, 0.1) is 6.42 Å². The summed E-state index contributed by atoms with van der Waals surface area (Å²) in [5.74, 6) is -2.10. The van der Waals surface area contributed by atoms with Gasteiger partial charge in [-0.25, -0.2) is 4.39 Å². The van der Waals surface area contributed by atoms with Crippen LogP contribution in [0.5, 0.6) is 0 Å². The number of benzene rings is 1. The molecule has 23 heavy (non-hydrogen) atoms. The molecule has 0 radical (unpaired) electrons. The van der Waals surface area contributed by atoms with Gasteiger partial charge in [0, 0.05) is 11.4 Å². The van der Waals surface area contributed by atoms with Gasteiger partial charge in [0.15, 0.2) is 17.2 Å². The van der Waals surface area contributed by atoms with E-state index in [9.17, 15) is 18.8 Å². The molecule has 0 saturated carbocycles. The highest BCUT2D eigenvalue weighted by Gasteiger charge is 2.41. The van der Waals surface area contributed by atoms with Crippen molar-refractivity contribution in [3.05, 3.63) is 35.8 Å². The molecule has 0 aliphatic carbocycles. The Morgan fingerprint density at radius 1 is 1.39 bits per heavy atom. The molecule has 1 saturated heterocycles. The average molecular weight is 318 g/mol. The normalized spacial score (nSPS) is 18.3. The van der Waals surface area contributed by atoms with Crippen LogP contribution in [0, 0.1) is 5.82 Å². The molecule has 1 aliphatic rings. The van der Waals surface area contributed by atoms with Crippen LogP contribution in [0.3, 0.4) is 0 Å². The van der Waals surface area contributed by atoms with Gasteiger partial charge >= 0.3 is 0 Å². The van der Waals surface area contributed by atoms with Gasteiger partial charge < -0.3 is 9.73 Å². The van der Waals surface area contributed by atoms with E-state index in [4.69, 9.17) is 4.42 Å². The van der Waals surface area contributed by atoms with Crippen LogP contribution in [0.2, 0.25) is 0 Å². The first-order chi connectivity index (χ1) is 10.9. The molecule has 1 N–H and O–H groups in total. The summed E-state index contributed by atoms with van der Waals surface area (Å²) in [4.78, 5) is 37.3. The van der Waals surface area contributed by atoms with Gasteiger partial charge in [-0.1, -0.05) is 12.1 Å². The standard InChI is InChI=1S/C16H15FN2O4/c1-8(2)19-13(20)7-11(16(19)22)18-15(21)12-6-9-4-3-5-10(17)14(9)23-12/h3-6,8,11H,7H2,1-2H3,(H,18,21)/t11-/m1/s1. The SMILES string of the molecule is CC(C)N1C(=O)C[C@@H](NC(=O)c2cc3cccc(F)c3o2)C1=O. The van der Waals surface area contributed by atoms with Crippen LogP contribution in [-0.2, 0) is 9.59 Å². The Kier molecular flexibility index (Phi) is 3.63. The Bertz CT molecular complexity index is 812. The predicted molar refractivity (Wildman–Crippen MR) is 79.0 cm³/mol. The lowest BCUT2D eigenvalue weighted by molar-refractivity contribution is -0.140. The number of halogens is 1. The highest BCUT2D eigenvalue weighted by Crippen LogP contribution is 2.23. The number of hydrogen-bond acceptors (Lipinski definition) is 4. The molecule has 120 valence electrons. The molecule has 0 bridgehead atoms. The Morgan fingerprint density at radius 2 is 2.13 bits per heavy atom. The van der Waals surface area contributed by atoms with Crippen molar-refractivity contribution in [2.24, 2.45) is 0 Å². The number of furan rings is 1. The molecule has 1 atom stereocenters. The molecule has 6 nitrogen and oxygen atoms in total. The number of nitrogens with one attached hydrogen (secondary N) is 1. The predicted octanol–water partition coefficient (Wildman–Crippen LogP) is 1.84. The Labute approximate surface area is 131 Å². The molecule has 1 fully saturated rings. The summed E-state index contributed by atoms with van der Waals surface area (Å²) in [7, 11) is 0. The summed E-state index contributed by atoms with van der Waals surface area (Å²) >= 11 is 0. The van der Waals surface area contributed by atoms with Gasteiger partial charge in [-0.3, -0.25) is 19.3 Å². The van der Waals surface area contributed by atoms with Gasteiger partial charge in [0.1, 0.15) is 6.04 Å². The molecule has 7 heteroatoms. The highest BCUT2D eigenvalue weighted by molar-refractivity contribution is 6.08. The third-order valence-electron chi connectivity index (χ3n) is 3.72. The second-order valence-electron chi connectivity index (χ2n) is 5.69. The van der Waals surface area contributed by atoms with Crippen LogP contribution in [-0.4, -0.2) is 34.7 Å². The van der Waals surface area contributed by atoms with E-state index in [0.717, 1.165) is 4.90 Å². The lowest BCUT2D eigenvalue weighted by Crippen LogP contribution is -2.43. The summed E-state index contributed by atoms with van der Waals surface area (Å²) in [6, 6.07) is 4.56. The van der Waals surface area contributed by atoms with Crippen LogP contribution in [0.25, 0.3) is 11.0 Å². The fourth-order valence-electron chi connectivity index (χ4n) is 2.68. The number of carbonyl (C=O) groups excluding carboxylic acids is 3. The van der Waals surface area contributed by atoms with Gasteiger partial charge in [-0.2, -0.15) is 0 Å². The van der Waals surface area contributed by atoms with Crippen LogP contribution in [0.4, 0.5) is 4.39 Å². The molecular weight excluding hydrogens is 303 g/mol. The van der Waals surface area contributed by atoms with Crippen LogP contribution < -0.4 is 5.32 Å². The molecule has 0 spiro atoms. The van der Waals surface area contributed by atoms with E-state index in [1.165, 1.54) is 18.2 Å². The fraction of sp³-hybridized carbons (Fsp3) is 0.312. The van der Waals surface area contributed by atoms with Gasteiger partial charge in [0.25, 0.3) is 11.8 Å². The van der Waals surface area contributed by atoms with Crippen molar-refractivity contribution < 1.29 is 23.2 Å². The van der Waals surface area contributed by atoms with Crippen molar-refractivity contribution in [1.82, 2.24) is 10.2 Å². The molecule has 3 rings (SSSR count). The van der Waals surface area contributed by atoms with Crippen molar-refractivity contribution in [3.63, 3.8) is 0 Å². The number of imide groups is 1. The summed E-state index contributed by atoms with van der Waals surface area (Å²) < 4.78 is 18.8. The first kappa shape index (κ1) is 15.2. The molecule has 2 aromatic rings. The molecular formula is C16H15FN2O4. The first-order valence-electron chi connectivity index (χ1n) is 7.23. The highest BCUT2D eigenvalue weighted by atomic mass is 19.1. The number of carbonyl (C=O) groups is 3. The van der Waals surface area contributed by atoms with E-state index < -0.39 is 23.7 Å². The number of nitrogens with zero attached hydrogens (tertiary/aromatic N) is 1. The topological polar surface area (TPSA) is 79.6 Å². The maximum absolute atomic E-state index is 13.6. The summed E-state index contributed by atoms with van der Waals surface area (Å²) in [5.41, 5.74) is -0.0183. The minimum Gasteiger partial charge on any atom is -0.448 e. The zero-order valence-electron chi connectivity index (χ0n) is 12.6. The maximum atomic E-state index is 13.6. The minimum atomic E-state index is -0.921. The van der Waals surface area contributed by atoms with Crippen LogP contribution in [0.15, 0.2) is 28.7 Å². The zero-order chi connectivity index (χ0) is 16.7. The summed E-state index contributed by atoms with van der Waals surface area (Å²) in [6.45, 7) is 3.45. The Balaban J connectivity index is 1.80. The number of para-hydroxylation sites is 1. The van der Waals surface area contributed by atoms with Crippen LogP contribution in [0.1, 0.15) is 30.8 Å². The first-order valence-corrected chi connectivity index (χ1v) is 7.23. The number of hydrogen-bond donors (Lipinski definition) is 1. The maximum Gasteiger partial charge on any atom is 0.287 e. The zero-order valence-corrected chi connectivity index (χ0v) is 12.6. The van der Waals surface area contributed by atoms with Gasteiger partial charge in [-0.15, -0.1) is 0 Å².